The van der Waals surface area contributed by atoms with Crippen molar-refractivity contribution < 1.29 is 19.1 Å². The molecule has 0 bridgehead atoms. The van der Waals surface area contributed by atoms with Gasteiger partial charge in [0.1, 0.15) is 13.2 Å². The average Bonchev–Trinajstić information content (AvgIpc) is 3.02. The zero-order chi connectivity index (χ0) is 18.1. The smallest absolute Gasteiger partial charge is 0.409 e. The molecule has 0 aliphatic carbocycles. The molecule has 144 valence electrons. The monoisotopic (exact) mass is 354 g/mol. The van der Waals surface area contributed by atoms with Gasteiger partial charge in [0.25, 0.3) is 0 Å². The first-order valence-electron chi connectivity index (χ1n) is 9.81. The van der Waals surface area contributed by atoms with Gasteiger partial charge in [-0.05, 0) is 25.7 Å². The molecule has 2 fully saturated rings. The minimum Gasteiger partial charge on any atom is -0.449 e. The summed E-state index contributed by atoms with van der Waals surface area (Å²) in [5.41, 5.74) is -0.386. The third-order valence-electron chi connectivity index (χ3n) is 4.90. The number of hydrogen-bond donors (Lipinski definition) is 0. The van der Waals surface area contributed by atoms with Crippen molar-refractivity contribution in [3.05, 3.63) is 0 Å². The average molecular weight is 354 g/mol. The Kier molecular flexibility index (Phi) is 7.85. The van der Waals surface area contributed by atoms with Crippen molar-refractivity contribution in [3.63, 3.8) is 0 Å². The van der Waals surface area contributed by atoms with E-state index in [0.29, 0.717) is 0 Å². The van der Waals surface area contributed by atoms with Gasteiger partial charge in [0.2, 0.25) is 0 Å². The van der Waals surface area contributed by atoms with Crippen molar-refractivity contribution in [2.24, 2.45) is 5.41 Å². The Morgan fingerprint density at radius 1 is 0.680 bits per heavy atom. The number of likely N-dealkylation sites (tertiary alicyclic amines) is 2. The molecule has 0 atom stereocenters. The number of carbonyl (C=O) groups excluding carboxylic acids is 2. The highest BCUT2D eigenvalue weighted by molar-refractivity contribution is 5.68. The molecule has 0 spiro atoms. The molecule has 2 aliphatic rings. The summed E-state index contributed by atoms with van der Waals surface area (Å²) >= 11 is 0. The van der Waals surface area contributed by atoms with Crippen molar-refractivity contribution >= 4 is 12.2 Å². The number of rotatable bonds is 4. The lowest BCUT2D eigenvalue weighted by molar-refractivity contribution is 0.0228. The van der Waals surface area contributed by atoms with Crippen molar-refractivity contribution in [2.45, 2.75) is 65.2 Å². The number of carbonyl (C=O) groups is 2. The van der Waals surface area contributed by atoms with E-state index in [1.807, 2.05) is 13.8 Å². The molecule has 25 heavy (non-hydrogen) atoms. The standard InChI is InChI=1S/C19H34N2O4/c1-19(2,15-24-17(22)20-11-7-3-4-8-12-20)16-25-18(23)21-13-9-5-6-10-14-21/h3-16H2,1-2H3. The van der Waals surface area contributed by atoms with Gasteiger partial charge < -0.3 is 19.3 Å². The van der Waals surface area contributed by atoms with Crippen LogP contribution in [0.2, 0.25) is 0 Å². The Hall–Kier alpha value is -1.46. The van der Waals surface area contributed by atoms with E-state index in [2.05, 4.69) is 0 Å². The predicted molar refractivity (Wildman–Crippen MR) is 96.6 cm³/mol. The lowest BCUT2D eigenvalue weighted by Crippen LogP contribution is -2.38. The van der Waals surface area contributed by atoms with E-state index in [4.69, 9.17) is 9.47 Å². The van der Waals surface area contributed by atoms with E-state index in [0.717, 1.165) is 51.9 Å². The first-order chi connectivity index (χ1) is 12.0. The van der Waals surface area contributed by atoms with E-state index < -0.39 is 0 Å². The lowest BCUT2D eigenvalue weighted by atomic mass is 9.96. The maximum Gasteiger partial charge on any atom is 0.409 e. The highest BCUT2D eigenvalue weighted by Crippen LogP contribution is 2.19. The van der Waals surface area contributed by atoms with Crippen LogP contribution in [0.25, 0.3) is 0 Å². The SMILES string of the molecule is CC(C)(COC(=O)N1CCCCCC1)COC(=O)N1CCCCCC1. The van der Waals surface area contributed by atoms with Crippen molar-refractivity contribution in [2.75, 3.05) is 39.4 Å². The fraction of sp³-hybridized carbons (Fsp3) is 0.895. The Morgan fingerprint density at radius 3 is 1.32 bits per heavy atom. The van der Waals surface area contributed by atoms with E-state index in [-0.39, 0.29) is 30.8 Å². The topological polar surface area (TPSA) is 59.1 Å². The lowest BCUT2D eigenvalue weighted by Gasteiger charge is -2.28. The summed E-state index contributed by atoms with van der Waals surface area (Å²) in [7, 11) is 0. The second kappa shape index (κ2) is 9.88. The fourth-order valence-corrected chi connectivity index (χ4v) is 3.24. The van der Waals surface area contributed by atoms with Crippen LogP contribution in [0.3, 0.4) is 0 Å². The summed E-state index contributed by atoms with van der Waals surface area (Å²) in [6, 6.07) is 0. The van der Waals surface area contributed by atoms with Crippen molar-refractivity contribution in [1.29, 1.82) is 0 Å². The number of amides is 2. The van der Waals surface area contributed by atoms with E-state index >= 15 is 0 Å². The maximum absolute atomic E-state index is 12.2. The first-order valence-corrected chi connectivity index (χ1v) is 9.81. The molecule has 6 nitrogen and oxygen atoms in total. The predicted octanol–water partition coefficient (Wildman–Crippen LogP) is 4.04. The van der Waals surface area contributed by atoms with Crippen LogP contribution >= 0.6 is 0 Å². The quantitative estimate of drug-likeness (QED) is 0.764. The summed E-state index contributed by atoms with van der Waals surface area (Å²) < 4.78 is 11.0. The summed E-state index contributed by atoms with van der Waals surface area (Å²) in [5.74, 6) is 0. The van der Waals surface area contributed by atoms with Gasteiger partial charge >= 0.3 is 12.2 Å². The molecule has 2 aliphatic heterocycles. The fourth-order valence-electron chi connectivity index (χ4n) is 3.24. The number of nitrogens with zero attached hydrogens (tertiary/aromatic N) is 2. The molecule has 2 saturated heterocycles. The van der Waals surface area contributed by atoms with Crippen LogP contribution in [-0.4, -0.2) is 61.4 Å². The van der Waals surface area contributed by atoms with Crippen molar-refractivity contribution in [1.82, 2.24) is 9.80 Å². The van der Waals surface area contributed by atoms with Gasteiger partial charge in [0, 0.05) is 31.6 Å². The van der Waals surface area contributed by atoms with Crippen LogP contribution in [0.5, 0.6) is 0 Å². The van der Waals surface area contributed by atoms with Gasteiger partial charge in [0.15, 0.2) is 0 Å². The molecule has 0 aromatic rings. The summed E-state index contributed by atoms with van der Waals surface area (Å²) in [6.45, 7) is 7.56. The largest absolute Gasteiger partial charge is 0.449 e. The van der Waals surface area contributed by atoms with E-state index in [1.54, 1.807) is 9.80 Å². The van der Waals surface area contributed by atoms with Crippen LogP contribution < -0.4 is 0 Å². The van der Waals surface area contributed by atoms with Crippen LogP contribution in [0.15, 0.2) is 0 Å². The molecule has 0 saturated carbocycles. The molecular formula is C19H34N2O4. The Balaban J connectivity index is 1.70. The van der Waals surface area contributed by atoms with E-state index in [9.17, 15) is 9.59 Å². The molecule has 0 unspecified atom stereocenters. The second-order valence-corrected chi connectivity index (χ2v) is 8.08. The van der Waals surface area contributed by atoms with Crippen LogP contribution in [0.4, 0.5) is 9.59 Å². The number of hydrogen-bond acceptors (Lipinski definition) is 4. The molecule has 0 radical (unpaired) electrons. The van der Waals surface area contributed by atoms with Crippen molar-refractivity contribution in [3.8, 4) is 0 Å². The van der Waals surface area contributed by atoms with Gasteiger partial charge in [-0.25, -0.2) is 9.59 Å². The normalized spacial score (nSPS) is 19.8. The molecule has 6 heteroatoms. The molecule has 0 aromatic carbocycles. The second-order valence-electron chi connectivity index (χ2n) is 8.08. The molecule has 0 aromatic heterocycles. The minimum atomic E-state index is -0.386. The zero-order valence-corrected chi connectivity index (χ0v) is 15.9. The van der Waals surface area contributed by atoms with Gasteiger partial charge in [0.05, 0.1) is 0 Å². The number of ether oxygens (including phenoxy) is 2. The van der Waals surface area contributed by atoms with Gasteiger partial charge in [-0.3, -0.25) is 0 Å². The van der Waals surface area contributed by atoms with Gasteiger partial charge in [-0.2, -0.15) is 0 Å². The van der Waals surface area contributed by atoms with Gasteiger partial charge in [-0.15, -0.1) is 0 Å². The molecule has 2 rings (SSSR count). The minimum absolute atomic E-state index is 0.242. The van der Waals surface area contributed by atoms with Crippen LogP contribution in [-0.2, 0) is 9.47 Å². The molecule has 2 heterocycles. The highest BCUT2D eigenvalue weighted by atomic mass is 16.6. The highest BCUT2D eigenvalue weighted by Gasteiger charge is 2.26. The Labute approximate surface area is 151 Å². The molecule has 2 amide bonds. The molecule has 0 N–H and O–H groups in total. The third-order valence-corrected chi connectivity index (χ3v) is 4.90. The van der Waals surface area contributed by atoms with Gasteiger partial charge in [-0.1, -0.05) is 39.5 Å². The third kappa shape index (κ3) is 7.12. The van der Waals surface area contributed by atoms with E-state index in [1.165, 1.54) is 25.7 Å². The Morgan fingerprint density at radius 2 is 1.00 bits per heavy atom. The Bertz CT molecular complexity index is 385. The summed E-state index contributed by atoms with van der Waals surface area (Å²) in [5, 5.41) is 0. The van der Waals surface area contributed by atoms with Crippen LogP contribution in [0.1, 0.15) is 65.2 Å². The molecular weight excluding hydrogens is 320 g/mol. The first kappa shape index (κ1) is 19.9. The zero-order valence-electron chi connectivity index (χ0n) is 15.9. The maximum atomic E-state index is 12.2. The summed E-state index contributed by atoms with van der Waals surface area (Å²) in [4.78, 5) is 28.0. The van der Waals surface area contributed by atoms with Crippen LogP contribution in [0, 0.1) is 5.41 Å². The summed E-state index contributed by atoms with van der Waals surface area (Å²) in [6.07, 6.45) is 8.44.